The van der Waals surface area contributed by atoms with Gasteiger partial charge in [-0.1, -0.05) is 11.6 Å². The summed E-state index contributed by atoms with van der Waals surface area (Å²) in [5, 5.41) is 3.38. The summed E-state index contributed by atoms with van der Waals surface area (Å²) >= 11 is 6.39. The zero-order chi connectivity index (χ0) is 21.4. The van der Waals surface area contributed by atoms with Crippen LogP contribution < -0.4 is 20.3 Å². The number of carbonyl (C=O) groups excluding carboxylic acids is 1. The van der Waals surface area contributed by atoms with Crippen molar-refractivity contribution in [1.82, 2.24) is 0 Å². The highest BCUT2D eigenvalue weighted by Crippen LogP contribution is 2.37. The SMILES string of the molecule is COc1cc(OC)cc(C(=O)Nc2ccc(Cl)c(B3OC(C)(C)C(C)(C)O3)c2)c1. The lowest BCUT2D eigenvalue weighted by atomic mass is 9.79. The molecular formula is C21H25BClNO5. The molecule has 1 aliphatic rings. The molecule has 0 atom stereocenters. The summed E-state index contributed by atoms with van der Waals surface area (Å²) in [6.45, 7) is 7.90. The van der Waals surface area contributed by atoms with E-state index >= 15 is 0 Å². The van der Waals surface area contributed by atoms with Gasteiger partial charge in [0.15, 0.2) is 0 Å². The van der Waals surface area contributed by atoms with Crippen molar-refractivity contribution >= 4 is 35.8 Å². The normalized spacial score (nSPS) is 17.1. The summed E-state index contributed by atoms with van der Waals surface area (Å²) in [5.41, 5.74) is 0.667. The minimum Gasteiger partial charge on any atom is -0.497 e. The van der Waals surface area contributed by atoms with Gasteiger partial charge in [0.25, 0.3) is 5.91 Å². The van der Waals surface area contributed by atoms with Crippen LogP contribution in [0, 0.1) is 0 Å². The van der Waals surface area contributed by atoms with E-state index in [9.17, 15) is 4.79 Å². The van der Waals surface area contributed by atoms with E-state index in [1.54, 1.807) is 36.4 Å². The predicted octanol–water partition coefficient (Wildman–Crippen LogP) is 3.91. The van der Waals surface area contributed by atoms with Gasteiger partial charge in [-0.25, -0.2) is 0 Å². The molecule has 8 heteroatoms. The fourth-order valence-corrected chi connectivity index (χ4v) is 3.12. The highest BCUT2D eigenvalue weighted by Gasteiger charge is 2.52. The lowest BCUT2D eigenvalue weighted by molar-refractivity contribution is 0.00578. The minimum atomic E-state index is -0.624. The van der Waals surface area contributed by atoms with Crippen LogP contribution in [0.3, 0.4) is 0 Å². The number of halogens is 1. The molecule has 154 valence electrons. The largest absolute Gasteiger partial charge is 0.497 e. The molecule has 0 spiro atoms. The van der Waals surface area contributed by atoms with Crippen molar-refractivity contribution in [3.63, 3.8) is 0 Å². The molecule has 1 heterocycles. The smallest absolute Gasteiger partial charge is 0.496 e. The van der Waals surface area contributed by atoms with Gasteiger partial charge in [-0.05, 0) is 58.0 Å². The van der Waals surface area contributed by atoms with Gasteiger partial charge in [0, 0.05) is 27.8 Å². The van der Waals surface area contributed by atoms with Crippen molar-refractivity contribution in [1.29, 1.82) is 0 Å². The van der Waals surface area contributed by atoms with Crippen LogP contribution in [-0.4, -0.2) is 38.4 Å². The molecular weight excluding hydrogens is 392 g/mol. The van der Waals surface area contributed by atoms with Crippen LogP contribution >= 0.6 is 11.6 Å². The first-order valence-corrected chi connectivity index (χ1v) is 9.63. The molecule has 0 aliphatic carbocycles. The fraction of sp³-hybridized carbons (Fsp3) is 0.381. The van der Waals surface area contributed by atoms with Gasteiger partial charge in [0.05, 0.1) is 25.4 Å². The van der Waals surface area contributed by atoms with Gasteiger partial charge in [-0.15, -0.1) is 0 Å². The van der Waals surface area contributed by atoms with Gasteiger partial charge < -0.3 is 24.1 Å². The number of amides is 1. The second kappa shape index (κ2) is 7.90. The predicted molar refractivity (Wildman–Crippen MR) is 115 cm³/mol. The van der Waals surface area contributed by atoms with Crippen molar-refractivity contribution in [2.45, 2.75) is 38.9 Å². The Morgan fingerprint density at radius 3 is 2.03 bits per heavy atom. The van der Waals surface area contributed by atoms with Gasteiger partial charge in [-0.3, -0.25) is 4.79 Å². The van der Waals surface area contributed by atoms with E-state index in [0.29, 0.717) is 33.2 Å². The Kier molecular flexibility index (Phi) is 5.85. The Bertz CT molecular complexity index is 893. The molecule has 6 nitrogen and oxygen atoms in total. The summed E-state index contributed by atoms with van der Waals surface area (Å²) in [6, 6.07) is 10.2. The van der Waals surface area contributed by atoms with E-state index in [-0.39, 0.29) is 5.91 Å². The zero-order valence-corrected chi connectivity index (χ0v) is 18.2. The van der Waals surface area contributed by atoms with Crippen molar-refractivity contribution in [2.75, 3.05) is 19.5 Å². The van der Waals surface area contributed by atoms with Crippen LogP contribution in [0.4, 0.5) is 5.69 Å². The molecule has 1 fully saturated rings. The summed E-state index contributed by atoms with van der Waals surface area (Å²) < 4.78 is 22.6. The summed E-state index contributed by atoms with van der Waals surface area (Å²) in [7, 11) is 2.44. The van der Waals surface area contributed by atoms with E-state index in [4.69, 9.17) is 30.4 Å². The Hall–Kier alpha value is -2.22. The van der Waals surface area contributed by atoms with E-state index < -0.39 is 18.3 Å². The third-order valence-electron chi connectivity index (χ3n) is 5.37. The quantitative estimate of drug-likeness (QED) is 0.747. The summed E-state index contributed by atoms with van der Waals surface area (Å²) in [6.07, 6.45) is 0. The number of methoxy groups -OCH3 is 2. The van der Waals surface area contributed by atoms with E-state index in [2.05, 4.69) is 5.32 Å². The van der Waals surface area contributed by atoms with Crippen molar-refractivity contribution in [3.05, 3.63) is 47.0 Å². The standard InChI is InChI=1S/C21H25BClNO5/c1-20(2)21(3,4)29-22(28-20)17-11-14(7-8-18(17)23)24-19(25)13-9-15(26-5)12-16(10-13)27-6/h7-12H,1-6H3,(H,24,25). The van der Waals surface area contributed by atoms with Crippen LogP contribution in [0.2, 0.25) is 5.02 Å². The molecule has 2 aromatic rings. The average molecular weight is 418 g/mol. The number of benzene rings is 2. The van der Waals surface area contributed by atoms with Crippen molar-refractivity contribution < 1.29 is 23.6 Å². The van der Waals surface area contributed by atoms with Crippen LogP contribution in [0.25, 0.3) is 0 Å². The summed E-state index contributed by atoms with van der Waals surface area (Å²) in [4.78, 5) is 12.8. The molecule has 0 bridgehead atoms. The van der Waals surface area contributed by atoms with Gasteiger partial charge in [0.2, 0.25) is 0 Å². The first kappa shape index (κ1) is 21.5. The Labute approximate surface area is 176 Å². The molecule has 1 N–H and O–H groups in total. The lowest BCUT2D eigenvalue weighted by Crippen LogP contribution is -2.41. The number of hydrogen-bond acceptors (Lipinski definition) is 5. The van der Waals surface area contributed by atoms with Crippen LogP contribution in [0.1, 0.15) is 38.1 Å². The molecule has 2 aromatic carbocycles. The molecule has 1 saturated heterocycles. The number of ether oxygens (including phenoxy) is 2. The average Bonchev–Trinajstić information content (AvgIpc) is 2.89. The molecule has 0 radical (unpaired) electrons. The molecule has 0 saturated carbocycles. The maximum absolute atomic E-state index is 12.8. The molecule has 3 rings (SSSR count). The van der Waals surface area contributed by atoms with E-state index in [0.717, 1.165) is 0 Å². The molecule has 29 heavy (non-hydrogen) atoms. The zero-order valence-electron chi connectivity index (χ0n) is 17.5. The number of anilines is 1. The van der Waals surface area contributed by atoms with Crippen LogP contribution in [0.15, 0.2) is 36.4 Å². The number of nitrogens with one attached hydrogen (secondary N) is 1. The van der Waals surface area contributed by atoms with Gasteiger partial charge >= 0.3 is 7.12 Å². The third kappa shape index (κ3) is 4.37. The third-order valence-corrected chi connectivity index (χ3v) is 5.72. The lowest BCUT2D eigenvalue weighted by Gasteiger charge is -2.32. The van der Waals surface area contributed by atoms with E-state index in [1.807, 2.05) is 27.7 Å². The minimum absolute atomic E-state index is 0.301. The molecule has 1 aliphatic heterocycles. The van der Waals surface area contributed by atoms with Crippen LogP contribution in [-0.2, 0) is 9.31 Å². The Balaban J connectivity index is 1.85. The van der Waals surface area contributed by atoms with Crippen molar-refractivity contribution in [2.24, 2.45) is 0 Å². The fourth-order valence-electron chi connectivity index (χ4n) is 2.91. The van der Waals surface area contributed by atoms with Gasteiger partial charge in [-0.2, -0.15) is 0 Å². The number of rotatable bonds is 5. The second-order valence-corrected chi connectivity index (χ2v) is 8.29. The first-order chi connectivity index (χ1) is 13.6. The molecule has 1 amide bonds. The number of hydrogen-bond donors (Lipinski definition) is 1. The highest BCUT2D eigenvalue weighted by atomic mass is 35.5. The Morgan fingerprint density at radius 2 is 1.52 bits per heavy atom. The topological polar surface area (TPSA) is 66.0 Å². The van der Waals surface area contributed by atoms with Crippen molar-refractivity contribution in [3.8, 4) is 11.5 Å². The highest BCUT2D eigenvalue weighted by molar-refractivity contribution is 6.65. The molecule has 0 unspecified atom stereocenters. The number of carbonyl (C=O) groups is 1. The maximum Gasteiger partial charge on any atom is 0.496 e. The van der Waals surface area contributed by atoms with Crippen LogP contribution in [0.5, 0.6) is 11.5 Å². The first-order valence-electron chi connectivity index (χ1n) is 9.26. The second-order valence-electron chi connectivity index (χ2n) is 7.88. The maximum atomic E-state index is 12.8. The summed E-state index contributed by atoms with van der Waals surface area (Å²) in [5.74, 6) is 0.761. The van der Waals surface area contributed by atoms with E-state index in [1.165, 1.54) is 14.2 Å². The molecule has 0 aromatic heterocycles. The van der Waals surface area contributed by atoms with Gasteiger partial charge in [0.1, 0.15) is 11.5 Å². The monoisotopic (exact) mass is 417 g/mol. The Morgan fingerprint density at radius 1 is 0.966 bits per heavy atom.